The molecule has 0 aromatic carbocycles. The maximum absolute atomic E-state index is 11.8. The topological polar surface area (TPSA) is 147 Å². The molecule has 0 saturated carbocycles. The molecular weight excluding hydrogens is 412 g/mol. The van der Waals surface area contributed by atoms with Crippen LogP contribution >= 0.6 is 0 Å². The number of rotatable bonds is 6. The van der Waals surface area contributed by atoms with E-state index in [9.17, 15) is 19.2 Å². The molecule has 1 N–H and O–H groups in total. The van der Waals surface area contributed by atoms with E-state index in [0.29, 0.717) is 11.2 Å². The fourth-order valence-corrected chi connectivity index (χ4v) is 3.39. The van der Waals surface area contributed by atoms with E-state index in [4.69, 9.17) is 18.9 Å². The lowest BCUT2D eigenvalue weighted by Crippen LogP contribution is -2.40. The summed E-state index contributed by atoms with van der Waals surface area (Å²) < 4.78 is 23.3. The lowest BCUT2D eigenvalue weighted by atomic mass is 10.1. The fraction of sp³-hybridized carbons (Fsp3) is 0.474. The second-order valence-corrected chi connectivity index (χ2v) is 6.89. The standard InChI is InChI=1S/C19H22N4O8/c1-9(24)22-19-14-6-5-13(23(14)21-8-20-19)16-18(30-12(4)27)17(29-11(3)26)15(31-16)7-28-10(2)25/h5-6,8,15-18H,7H2,1-4H3,(H,20,21,22,24)/t15-,16+,17-,18+/m1/s1. The van der Waals surface area contributed by atoms with Crippen LogP contribution in [0.15, 0.2) is 18.5 Å². The van der Waals surface area contributed by atoms with Crippen LogP contribution in [0.25, 0.3) is 5.52 Å². The molecule has 1 fully saturated rings. The van der Waals surface area contributed by atoms with Gasteiger partial charge in [-0.1, -0.05) is 0 Å². The number of hydrogen-bond acceptors (Lipinski definition) is 10. The molecular formula is C19H22N4O8. The first kappa shape index (κ1) is 22.2. The van der Waals surface area contributed by atoms with Gasteiger partial charge < -0.3 is 24.3 Å². The summed E-state index contributed by atoms with van der Waals surface area (Å²) >= 11 is 0. The lowest BCUT2D eigenvalue weighted by Gasteiger charge is -2.23. The molecule has 3 rings (SSSR count). The van der Waals surface area contributed by atoms with E-state index in [0.717, 1.165) is 0 Å². The van der Waals surface area contributed by atoms with Gasteiger partial charge in [0.1, 0.15) is 30.7 Å². The highest BCUT2D eigenvalue weighted by molar-refractivity contribution is 5.91. The average molecular weight is 434 g/mol. The van der Waals surface area contributed by atoms with E-state index in [1.165, 1.54) is 38.5 Å². The molecule has 0 radical (unpaired) electrons. The molecule has 1 aliphatic rings. The number of ether oxygens (including phenoxy) is 4. The van der Waals surface area contributed by atoms with Gasteiger partial charge in [-0.2, -0.15) is 5.10 Å². The first-order valence-electron chi connectivity index (χ1n) is 9.41. The molecule has 166 valence electrons. The van der Waals surface area contributed by atoms with Crippen molar-refractivity contribution in [1.29, 1.82) is 0 Å². The van der Waals surface area contributed by atoms with Crippen molar-refractivity contribution < 1.29 is 38.1 Å². The quantitative estimate of drug-likeness (QED) is 0.505. The zero-order chi connectivity index (χ0) is 22.7. The smallest absolute Gasteiger partial charge is 0.303 e. The maximum atomic E-state index is 11.8. The van der Waals surface area contributed by atoms with Crippen molar-refractivity contribution in [3.05, 3.63) is 24.2 Å². The Morgan fingerprint density at radius 3 is 2.32 bits per heavy atom. The third-order valence-corrected chi connectivity index (χ3v) is 4.43. The summed E-state index contributed by atoms with van der Waals surface area (Å²) in [5.74, 6) is -1.80. The van der Waals surface area contributed by atoms with Gasteiger partial charge in [0.15, 0.2) is 18.0 Å². The van der Waals surface area contributed by atoms with E-state index >= 15 is 0 Å². The minimum atomic E-state index is -1.03. The Morgan fingerprint density at radius 2 is 1.71 bits per heavy atom. The SMILES string of the molecule is CC(=O)Nc1ncnn2c([C@@H]3O[C@H](COC(C)=O)[C@@H](OC(C)=O)[C@H]3OC(C)=O)ccc12. The summed E-state index contributed by atoms with van der Waals surface area (Å²) in [6, 6.07) is 3.32. The highest BCUT2D eigenvalue weighted by Crippen LogP contribution is 2.38. The average Bonchev–Trinajstić information content (AvgIpc) is 3.22. The van der Waals surface area contributed by atoms with Crippen molar-refractivity contribution in [2.45, 2.75) is 52.1 Å². The van der Waals surface area contributed by atoms with E-state index < -0.39 is 42.3 Å². The number of carbonyl (C=O) groups excluding carboxylic acids is 4. The van der Waals surface area contributed by atoms with Crippen LogP contribution in [0, 0.1) is 0 Å². The number of fused-ring (bicyclic) bond motifs is 1. The molecule has 0 bridgehead atoms. The van der Waals surface area contributed by atoms with E-state index in [1.807, 2.05) is 0 Å². The van der Waals surface area contributed by atoms with Crippen LogP contribution in [0.4, 0.5) is 5.82 Å². The number of esters is 3. The molecule has 4 atom stereocenters. The van der Waals surface area contributed by atoms with Crippen molar-refractivity contribution in [2.75, 3.05) is 11.9 Å². The maximum Gasteiger partial charge on any atom is 0.303 e. The number of hydrogen-bond donors (Lipinski definition) is 1. The van der Waals surface area contributed by atoms with Crippen molar-refractivity contribution >= 4 is 35.1 Å². The lowest BCUT2D eigenvalue weighted by molar-refractivity contribution is -0.165. The monoisotopic (exact) mass is 434 g/mol. The number of nitrogens with zero attached hydrogens (tertiary/aromatic N) is 3. The fourth-order valence-electron chi connectivity index (χ4n) is 3.39. The van der Waals surface area contributed by atoms with E-state index in [-0.39, 0.29) is 18.3 Å². The molecule has 0 unspecified atom stereocenters. The molecule has 3 heterocycles. The van der Waals surface area contributed by atoms with Gasteiger partial charge in [0, 0.05) is 27.7 Å². The predicted molar refractivity (Wildman–Crippen MR) is 103 cm³/mol. The number of anilines is 1. The minimum absolute atomic E-state index is 0.211. The van der Waals surface area contributed by atoms with Crippen LogP contribution in [0.2, 0.25) is 0 Å². The van der Waals surface area contributed by atoms with Crippen molar-refractivity contribution in [3.63, 3.8) is 0 Å². The Morgan fingerprint density at radius 1 is 1.03 bits per heavy atom. The first-order chi connectivity index (χ1) is 14.7. The largest absolute Gasteiger partial charge is 0.463 e. The summed E-state index contributed by atoms with van der Waals surface area (Å²) in [7, 11) is 0. The molecule has 0 spiro atoms. The second kappa shape index (κ2) is 9.08. The molecule has 1 saturated heterocycles. The molecule has 0 aliphatic carbocycles. The highest BCUT2D eigenvalue weighted by Gasteiger charge is 2.51. The third-order valence-electron chi connectivity index (χ3n) is 4.43. The van der Waals surface area contributed by atoms with Crippen LogP contribution < -0.4 is 5.32 Å². The van der Waals surface area contributed by atoms with Gasteiger partial charge in [-0.3, -0.25) is 19.2 Å². The van der Waals surface area contributed by atoms with Crippen LogP contribution in [0.5, 0.6) is 0 Å². The van der Waals surface area contributed by atoms with Crippen molar-refractivity contribution in [3.8, 4) is 0 Å². The van der Waals surface area contributed by atoms with Gasteiger partial charge >= 0.3 is 17.9 Å². The predicted octanol–water partition coefficient (Wildman–Crippen LogP) is 0.554. The zero-order valence-corrected chi connectivity index (χ0v) is 17.4. The minimum Gasteiger partial charge on any atom is -0.463 e. The number of aromatic nitrogens is 3. The normalized spacial score (nSPS) is 22.7. The molecule has 12 heteroatoms. The Kier molecular flexibility index (Phi) is 6.49. The summed E-state index contributed by atoms with van der Waals surface area (Å²) in [6.07, 6.45) is -2.59. The second-order valence-electron chi connectivity index (χ2n) is 6.89. The highest BCUT2D eigenvalue weighted by atomic mass is 16.6. The van der Waals surface area contributed by atoms with Crippen LogP contribution in [-0.4, -0.2) is 63.3 Å². The molecule has 1 aliphatic heterocycles. The molecule has 2 aromatic heterocycles. The van der Waals surface area contributed by atoms with Gasteiger partial charge in [0.25, 0.3) is 0 Å². The van der Waals surface area contributed by atoms with Gasteiger partial charge in [-0.25, -0.2) is 9.50 Å². The van der Waals surface area contributed by atoms with E-state index in [1.54, 1.807) is 12.1 Å². The van der Waals surface area contributed by atoms with Gasteiger partial charge in [-0.15, -0.1) is 0 Å². The number of carbonyl (C=O) groups is 4. The summed E-state index contributed by atoms with van der Waals surface area (Å²) in [6.45, 7) is 4.80. The van der Waals surface area contributed by atoms with Crippen molar-refractivity contribution in [1.82, 2.24) is 14.6 Å². The zero-order valence-electron chi connectivity index (χ0n) is 17.4. The summed E-state index contributed by atoms with van der Waals surface area (Å²) in [4.78, 5) is 50.2. The Hall–Kier alpha value is -3.54. The summed E-state index contributed by atoms with van der Waals surface area (Å²) in [5, 5.41) is 6.80. The van der Waals surface area contributed by atoms with Gasteiger partial charge in [0.2, 0.25) is 5.91 Å². The van der Waals surface area contributed by atoms with E-state index in [2.05, 4.69) is 15.4 Å². The van der Waals surface area contributed by atoms with Crippen LogP contribution in [0.1, 0.15) is 39.5 Å². The van der Waals surface area contributed by atoms with Crippen molar-refractivity contribution in [2.24, 2.45) is 0 Å². The third kappa shape index (κ3) is 4.97. The first-order valence-corrected chi connectivity index (χ1v) is 9.41. The Bertz CT molecular complexity index is 1020. The van der Waals surface area contributed by atoms with Gasteiger partial charge in [0.05, 0.1) is 5.69 Å². The Labute approximate surface area is 176 Å². The number of amides is 1. The molecule has 31 heavy (non-hydrogen) atoms. The Balaban J connectivity index is 2.02. The van der Waals surface area contributed by atoms with Gasteiger partial charge in [-0.05, 0) is 12.1 Å². The molecule has 12 nitrogen and oxygen atoms in total. The summed E-state index contributed by atoms with van der Waals surface area (Å²) in [5.41, 5.74) is 0.933. The van der Waals surface area contributed by atoms with Crippen LogP contribution in [0.3, 0.4) is 0 Å². The molecule has 2 aromatic rings. The number of nitrogens with one attached hydrogen (secondary N) is 1. The van der Waals surface area contributed by atoms with Crippen LogP contribution in [-0.2, 0) is 38.1 Å². The molecule has 1 amide bonds.